The second kappa shape index (κ2) is 14.0. The van der Waals surface area contributed by atoms with E-state index < -0.39 is 28.5 Å². The van der Waals surface area contributed by atoms with Crippen LogP contribution in [0.1, 0.15) is 43.9 Å². The molecule has 0 saturated carbocycles. The summed E-state index contributed by atoms with van der Waals surface area (Å²) in [5, 5.41) is 2.85. The van der Waals surface area contributed by atoms with E-state index in [0.717, 1.165) is 27.4 Å². The molecule has 0 fully saturated rings. The maximum Gasteiger partial charge on any atom is 0.264 e. The van der Waals surface area contributed by atoms with Crippen molar-refractivity contribution in [2.45, 2.75) is 58.5 Å². The van der Waals surface area contributed by atoms with Gasteiger partial charge in [-0.15, -0.1) is 0 Å². The van der Waals surface area contributed by atoms with E-state index in [-0.39, 0.29) is 23.0 Å². The third-order valence-corrected chi connectivity index (χ3v) is 8.25. The first-order valence-electron chi connectivity index (χ1n) is 13.5. The Bertz CT molecular complexity index is 1410. The number of ether oxygens (including phenoxy) is 1. The van der Waals surface area contributed by atoms with Gasteiger partial charge in [0, 0.05) is 13.1 Å². The molecule has 0 aliphatic carbocycles. The van der Waals surface area contributed by atoms with E-state index in [1.807, 2.05) is 45.0 Å². The molecule has 2 amide bonds. The van der Waals surface area contributed by atoms with Gasteiger partial charge in [0.1, 0.15) is 18.3 Å². The summed E-state index contributed by atoms with van der Waals surface area (Å²) in [6, 6.07) is 20.1. The van der Waals surface area contributed by atoms with Gasteiger partial charge in [-0.25, -0.2) is 8.42 Å². The Balaban J connectivity index is 2.07. The molecule has 3 aromatic carbocycles. The summed E-state index contributed by atoms with van der Waals surface area (Å²) in [4.78, 5) is 28.5. The number of carbonyl (C=O) groups is 2. The minimum absolute atomic E-state index is 0.0520. The van der Waals surface area contributed by atoms with E-state index in [1.165, 1.54) is 17.0 Å². The Kier molecular flexibility index (Phi) is 10.7. The van der Waals surface area contributed by atoms with E-state index in [9.17, 15) is 18.0 Å². The highest BCUT2D eigenvalue weighted by atomic mass is 32.2. The summed E-state index contributed by atoms with van der Waals surface area (Å²) in [6.07, 6.45) is 0.751. The van der Waals surface area contributed by atoms with Crippen molar-refractivity contribution < 1.29 is 22.7 Å². The summed E-state index contributed by atoms with van der Waals surface area (Å²) < 4.78 is 34.9. The van der Waals surface area contributed by atoms with Crippen LogP contribution in [0, 0.1) is 13.8 Å². The first-order chi connectivity index (χ1) is 19.1. The number of nitrogens with one attached hydrogen (secondary N) is 1. The molecular weight excluding hydrogens is 526 g/mol. The van der Waals surface area contributed by atoms with Gasteiger partial charge in [-0.05, 0) is 63.9 Å². The Hall–Kier alpha value is -3.85. The van der Waals surface area contributed by atoms with Gasteiger partial charge in [-0.3, -0.25) is 13.9 Å². The van der Waals surface area contributed by atoms with Crippen LogP contribution in [0.4, 0.5) is 5.69 Å². The van der Waals surface area contributed by atoms with Crippen LogP contribution in [0.3, 0.4) is 0 Å². The molecule has 0 aromatic heterocycles. The number of amides is 2. The summed E-state index contributed by atoms with van der Waals surface area (Å²) in [5.74, 6) is -0.472. The molecule has 3 aromatic rings. The molecule has 9 heteroatoms. The predicted octanol–water partition coefficient (Wildman–Crippen LogP) is 4.84. The Morgan fingerprint density at radius 3 is 2.27 bits per heavy atom. The Labute approximate surface area is 238 Å². The van der Waals surface area contributed by atoms with Gasteiger partial charge in [0.25, 0.3) is 10.0 Å². The first kappa shape index (κ1) is 30.7. The summed E-state index contributed by atoms with van der Waals surface area (Å²) in [6.45, 7) is 9.66. The average molecular weight is 566 g/mol. The number of aryl methyl sites for hydroxylation is 2. The fourth-order valence-electron chi connectivity index (χ4n) is 4.28. The Morgan fingerprint density at radius 2 is 1.62 bits per heavy atom. The fraction of sp³-hybridized carbons (Fsp3) is 0.355. The van der Waals surface area contributed by atoms with Crippen molar-refractivity contribution in [2.75, 3.05) is 24.0 Å². The van der Waals surface area contributed by atoms with Crippen LogP contribution < -0.4 is 14.4 Å². The third-order valence-electron chi connectivity index (χ3n) is 6.47. The molecule has 0 aliphatic rings. The van der Waals surface area contributed by atoms with Crippen molar-refractivity contribution >= 4 is 27.5 Å². The van der Waals surface area contributed by atoms with E-state index >= 15 is 0 Å². The topological polar surface area (TPSA) is 96.0 Å². The van der Waals surface area contributed by atoms with Crippen LogP contribution in [0.15, 0.2) is 77.7 Å². The molecule has 0 saturated heterocycles. The first-order valence-corrected chi connectivity index (χ1v) is 15.0. The summed E-state index contributed by atoms with van der Waals surface area (Å²) in [7, 11) is -4.17. The zero-order valence-electron chi connectivity index (χ0n) is 23.9. The number of rotatable bonds is 13. The quantitative estimate of drug-likeness (QED) is 0.320. The van der Waals surface area contributed by atoms with Crippen LogP contribution >= 0.6 is 0 Å². The lowest BCUT2D eigenvalue weighted by Crippen LogP contribution is -2.51. The largest absolute Gasteiger partial charge is 0.492 e. The molecule has 0 radical (unpaired) electrons. The second-order valence-electron chi connectivity index (χ2n) is 9.70. The van der Waals surface area contributed by atoms with Gasteiger partial charge in [0.2, 0.25) is 11.8 Å². The molecule has 1 atom stereocenters. The van der Waals surface area contributed by atoms with E-state index in [4.69, 9.17) is 4.74 Å². The number of nitrogens with zero attached hydrogens (tertiary/aromatic N) is 2. The number of sulfonamides is 1. The normalized spacial score (nSPS) is 11.9. The van der Waals surface area contributed by atoms with E-state index in [1.54, 1.807) is 50.2 Å². The molecular formula is C31H39N3O5S. The van der Waals surface area contributed by atoms with Crippen molar-refractivity contribution in [1.82, 2.24) is 10.2 Å². The maximum atomic E-state index is 14.0. The van der Waals surface area contributed by atoms with Gasteiger partial charge in [-0.2, -0.15) is 0 Å². The standard InChI is InChI=1S/C31H39N3O5S/c1-6-19-32-31(36)25(5)33(21-26-12-10-11-24(4)20-26)30(35)22-34(28-13-8-9-14-29(28)39-7-2)40(37,38)27-17-15-23(3)16-18-27/h8-18,20,25H,6-7,19,21-22H2,1-5H3,(H,32,36)/t25-/m0/s1. The van der Waals surface area contributed by atoms with Crippen LogP contribution in [0.5, 0.6) is 5.75 Å². The van der Waals surface area contributed by atoms with E-state index in [2.05, 4.69) is 5.32 Å². The van der Waals surface area contributed by atoms with Crippen LogP contribution in [-0.2, 0) is 26.2 Å². The lowest BCUT2D eigenvalue weighted by atomic mass is 10.1. The maximum absolute atomic E-state index is 14.0. The highest BCUT2D eigenvalue weighted by molar-refractivity contribution is 7.92. The second-order valence-corrected chi connectivity index (χ2v) is 11.6. The smallest absolute Gasteiger partial charge is 0.264 e. The molecule has 1 N–H and O–H groups in total. The van der Waals surface area contributed by atoms with Crippen molar-refractivity contribution in [3.63, 3.8) is 0 Å². The van der Waals surface area contributed by atoms with E-state index in [0.29, 0.717) is 18.9 Å². The SMILES string of the molecule is CCCNC(=O)[C@H](C)N(Cc1cccc(C)c1)C(=O)CN(c1ccccc1OCC)S(=O)(=O)c1ccc(C)cc1. The highest BCUT2D eigenvalue weighted by Crippen LogP contribution is 2.33. The van der Waals surface area contributed by atoms with Gasteiger partial charge < -0.3 is 15.0 Å². The third kappa shape index (κ3) is 7.63. The minimum Gasteiger partial charge on any atom is -0.492 e. The van der Waals surface area contributed by atoms with Gasteiger partial charge in [-0.1, -0.05) is 66.6 Å². The molecule has 0 heterocycles. The van der Waals surface area contributed by atoms with Crippen molar-refractivity contribution in [3.05, 3.63) is 89.5 Å². The average Bonchev–Trinajstić information content (AvgIpc) is 2.93. The van der Waals surface area contributed by atoms with Crippen molar-refractivity contribution in [1.29, 1.82) is 0 Å². The zero-order chi connectivity index (χ0) is 29.3. The number of hydrogen-bond acceptors (Lipinski definition) is 5. The lowest BCUT2D eigenvalue weighted by Gasteiger charge is -2.32. The van der Waals surface area contributed by atoms with Crippen molar-refractivity contribution in [3.8, 4) is 5.75 Å². The summed E-state index contributed by atoms with van der Waals surface area (Å²) in [5.41, 5.74) is 3.01. The lowest BCUT2D eigenvalue weighted by molar-refractivity contribution is -0.139. The van der Waals surface area contributed by atoms with Gasteiger partial charge in [0.15, 0.2) is 0 Å². The highest BCUT2D eigenvalue weighted by Gasteiger charge is 2.33. The number of para-hydroxylation sites is 2. The molecule has 0 aliphatic heterocycles. The van der Waals surface area contributed by atoms with Gasteiger partial charge >= 0.3 is 0 Å². The number of anilines is 1. The monoisotopic (exact) mass is 565 g/mol. The van der Waals surface area contributed by atoms with Crippen LogP contribution in [0.2, 0.25) is 0 Å². The molecule has 0 spiro atoms. The Morgan fingerprint density at radius 1 is 0.925 bits per heavy atom. The fourth-order valence-corrected chi connectivity index (χ4v) is 5.70. The van der Waals surface area contributed by atoms with Crippen LogP contribution in [0.25, 0.3) is 0 Å². The number of carbonyl (C=O) groups excluding carboxylic acids is 2. The number of hydrogen-bond donors (Lipinski definition) is 1. The molecule has 8 nitrogen and oxygen atoms in total. The van der Waals surface area contributed by atoms with Gasteiger partial charge in [0.05, 0.1) is 17.2 Å². The zero-order valence-corrected chi connectivity index (χ0v) is 24.7. The molecule has 3 rings (SSSR count). The summed E-state index contributed by atoms with van der Waals surface area (Å²) >= 11 is 0. The number of benzene rings is 3. The minimum atomic E-state index is -4.17. The molecule has 0 bridgehead atoms. The molecule has 40 heavy (non-hydrogen) atoms. The molecule has 0 unspecified atom stereocenters. The molecule has 214 valence electrons. The van der Waals surface area contributed by atoms with Crippen molar-refractivity contribution in [2.24, 2.45) is 0 Å². The van der Waals surface area contributed by atoms with Crippen LogP contribution in [-0.4, -0.2) is 50.9 Å². The predicted molar refractivity (Wildman–Crippen MR) is 158 cm³/mol.